The molecule has 0 unspecified atom stereocenters. The van der Waals surface area contributed by atoms with Crippen molar-refractivity contribution in [2.75, 3.05) is 6.26 Å². The largest absolute Gasteiger partial charge is 0.343 e. The molecule has 0 aliphatic rings. The van der Waals surface area contributed by atoms with E-state index in [0.717, 1.165) is 6.26 Å². The summed E-state index contributed by atoms with van der Waals surface area (Å²) >= 11 is 6.07. The molecule has 23 heavy (non-hydrogen) atoms. The Hall–Kier alpha value is -2.18. The van der Waals surface area contributed by atoms with Gasteiger partial charge in [-0.15, -0.1) is 0 Å². The van der Waals surface area contributed by atoms with Crippen molar-refractivity contribution in [3.63, 3.8) is 0 Å². The lowest BCUT2D eigenvalue weighted by Gasteiger charge is -2.04. The third-order valence-corrected chi connectivity index (χ3v) is 4.73. The normalized spacial score (nSPS) is 11.6. The summed E-state index contributed by atoms with van der Waals surface area (Å²) in [4.78, 5) is 0.206. The van der Waals surface area contributed by atoms with E-state index >= 15 is 0 Å². The predicted octanol–water partition coefficient (Wildman–Crippen LogP) is 4.20. The molecule has 0 radical (unpaired) electrons. The van der Waals surface area contributed by atoms with Crippen LogP contribution >= 0.6 is 11.6 Å². The first-order chi connectivity index (χ1) is 10.9. The molecule has 0 amide bonds. The minimum absolute atomic E-state index is 0.0800. The first-order valence-electron chi connectivity index (χ1n) is 6.58. The Kier molecular flexibility index (Phi) is 3.95. The zero-order valence-corrected chi connectivity index (χ0v) is 13.5. The van der Waals surface area contributed by atoms with Gasteiger partial charge in [-0.2, -0.15) is 0 Å². The molecular weight excluding hydrogens is 341 g/mol. The lowest BCUT2D eigenvalue weighted by molar-refractivity contribution is 0.424. The van der Waals surface area contributed by atoms with E-state index in [2.05, 4.69) is 5.16 Å². The smallest absolute Gasteiger partial charge is 0.234 e. The van der Waals surface area contributed by atoms with E-state index in [9.17, 15) is 12.8 Å². The number of nitrogens with zero attached hydrogens (tertiary/aromatic N) is 1. The van der Waals surface area contributed by atoms with Gasteiger partial charge in [-0.25, -0.2) is 12.8 Å². The van der Waals surface area contributed by atoms with Crippen molar-refractivity contribution in [2.45, 2.75) is 4.90 Å². The molecule has 0 saturated carbocycles. The van der Waals surface area contributed by atoms with Gasteiger partial charge >= 0.3 is 0 Å². The zero-order valence-electron chi connectivity index (χ0n) is 12.0. The summed E-state index contributed by atoms with van der Waals surface area (Å²) in [5.74, 6) is -0.359. The highest BCUT2D eigenvalue weighted by Gasteiger charge is 2.18. The van der Waals surface area contributed by atoms with Gasteiger partial charge in [-0.1, -0.05) is 17.3 Å². The second-order valence-corrected chi connectivity index (χ2v) is 7.34. The number of hydrogen-bond donors (Lipinski definition) is 0. The number of aromatic nitrogens is 1. The van der Waals surface area contributed by atoms with Crippen LogP contribution < -0.4 is 0 Å². The summed E-state index contributed by atoms with van der Waals surface area (Å²) in [5.41, 5.74) is 2.28. The zero-order chi connectivity index (χ0) is 16.6. The Morgan fingerprint density at radius 3 is 2.13 bits per heavy atom. The first-order valence-corrected chi connectivity index (χ1v) is 8.85. The molecule has 0 N–H and O–H groups in total. The molecule has 0 aliphatic carbocycles. The second-order valence-electron chi connectivity index (χ2n) is 4.98. The summed E-state index contributed by atoms with van der Waals surface area (Å²) in [6.45, 7) is 0. The fourth-order valence-corrected chi connectivity index (χ4v) is 3.06. The van der Waals surface area contributed by atoms with Crippen LogP contribution in [-0.4, -0.2) is 19.8 Å². The number of halogens is 2. The van der Waals surface area contributed by atoms with Crippen molar-refractivity contribution >= 4 is 21.4 Å². The van der Waals surface area contributed by atoms with Crippen molar-refractivity contribution in [3.8, 4) is 22.4 Å². The molecule has 0 aliphatic heterocycles. The third-order valence-electron chi connectivity index (χ3n) is 3.34. The number of rotatable bonds is 3. The van der Waals surface area contributed by atoms with Crippen molar-refractivity contribution in [2.24, 2.45) is 0 Å². The minimum Gasteiger partial charge on any atom is -0.343 e. The van der Waals surface area contributed by atoms with Gasteiger partial charge in [0.05, 0.1) is 10.5 Å². The van der Waals surface area contributed by atoms with Crippen LogP contribution in [0.15, 0.2) is 57.9 Å². The Morgan fingerprint density at radius 2 is 1.57 bits per heavy atom. The van der Waals surface area contributed by atoms with E-state index in [1.807, 2.05) is 0 Å². The van der Waals surface area contributed by atoms with Crippen LogP contribution in [0.1, 0.15) is 0 Å². The van der Waals surface area contributed by atoms with Crippen LogP contribution in [0.4, 0.5) is 4.39 Å². The van der Waals surface area contributed by atoms with E-state index in [0.29, 0.717) is 22.4 Å². The van der Waals surface area contributed by atoms with Crippen LogP contribution in [0.5, 0.6) is 0 Å². The molecule has 0 bridgehead atoms. The van der Waals surface area contributed by atoms with E-state index in [-0.39, 0.29) is 15.9 Å². The fourth-order valence-electron chi connectivity index (χ4n) is 2.19. The van der Waals surface area contributed by atoms with Crippen molar-refractivity contribution < 1.29 is 17.3 Å². The van der Waals surface area contributed by atoms with Gasteiger partial charge in [0.25, 0.3) is 0 Å². The molecule has 0 fully saturated rings. The maximum absolute atomic E-state index is 13.1. The molecular formula is C16H11ClFNO3S. The monoisotopic (exact) mass is 351 g/mol. The maximum Gasteiger partial charge on any atom is 0.234 e. The quantitative estimate of drug-likeness (QED) is 0.709. The average Bonchev–Trinajstić information content (AvgIpc) is 2.89. The van der Waals surface area contributed by atoms with Crippen LogP contribution in [0, 0.1) is 5.82 Å². The van der Waals surface area contributed by atoms with Gasteiger partial charge in [0.15, 0.2) is 9.84 Å². The van der Waals surface area contributed by atoms with E-state index in [4.69, 9.17) is 16.1 Å². The lowest BCUT2D eigenvalue weighted by atomic mass is 10.0. The van der Waals surface area contributed by atoms with Gasteiger partial charge in [-0.05, 0) is 53.6 Å². The Bertz CT molecular complexity index is 948. The standard InChI is InChI=1S/C16H11ClFNO3S/c1-23(20,21)13-8-4-10(5-9-13)14-15(19-22-16(14)17)11-2-6-12(18)7-3-11/h2-9H,1H3. The lowest BCUT2D eigenvalue weighted by Crippen LogP contribution is -1.96. The van der Waals surface area contributed by atoms with Crippen LogP contribution in [0.3, 0.4) is 0 Å². The topological polar surface area (TPSA) is 60.2 Å². The van der Waals surface area contributed by atoms with Crippen molar-refractivity contribution in [1.29, 1.82) is 0 Å². The summed E-state index contributed by atoms with van der Waals surface area (Å²) in [6.07, 6.45) is 1.14. The molecule has 0 atom stereocenters. The second kappa shape index (κ2) is 5.79. The van der Waals surface area contributed by atoms with Gasteiger partial charge < -0.3 is 4.52 Å². The highest BCUT2D eigenvalue weighted by atomic mass is 35.5. The molecule has 7 heteroatoms. The van der Waals surface area contributed by atoms with Crippen LogP contribution in [0.25, 0.3) is 22.4 Å². The van der Waals surface area contributed by atoms with Gasteiger partial charge in [0.1, 0.15) is 11.5 Å². The minimum atomic E-state index is -3.28. The average molecular weight is 352 g/mol. The predicted molar refractivity (Wildman–Crippen MR) is 85.5 cm³/mol. The SMILES string of the molecule is CS(=O)(=O)c1ccc(-c2c(-c3ccc(F)cc3)noc2Cl)cc1. The summed E-state index contributed by atoms with van der Waals surface area (Å²) in [5, 5.41) is 4.00. The molecule has 2 aromatic carbocycles. The molecule has 0 saturated heterocycles. The third kappa shape index (κ3) is 3.13. The Balaban J connectivity index is 2.10. The van der Waals surface area contributed by atoms with Crippen LogP contribution in [-0.2, 0) is 9.84 Å². The number of hydrogen-bond acceptors (Lipinski definition) is 4. The van der Waals surface area contributed by atoms with E-state index in [1.165, 1.54) is 24.3 Å². The highest BCUT2D eigenvalue weighted by molar-refractivity contribution is 7.90. The summed E-state index contributed by atoms with van der Waals surface area (Å²) < 4.78 is 41.1. The highest BCUT2D eigenvalue weighted by Crippen LogP contribution is 2.37. The molecule has 0 spiro atoms. The van der Waals surface area contributed by atoms with E-state index in [1.54, 1.807) is 24.3 Å². The Labute approximate surface area is 137 Å². The molecule has 3 aromatic rings. The maximum atomic E-state index is 13.1. The van der Waals surface area contributed by atoms with E-state index < -0.39 is 9.84 Å². The Morgan fingerprint density at radius 1 is 1.00 bits per heavy atom. The molecule has 4 nitrogen and oxygen atoms in total. The summed E-state index contributed by atoms with van der Waals surface area (Å²) in [7, 11) is -3.28. The number of sulfone groups is 1. The molecule has 118 valence electrons. The van der Waals surface area contributed by atoms with Crippen molar-refractivity contribution in [3.05, 3.63) is 59.6 Å². The molecule has 1 aromatic heterocycles. The summed E-state index contributed by atoms with van der Waals surface area (Å²) in [6, 6.07) is 12.0. The first kappa shape index (κ1) is 15.7. The fraction of sp³-hybridized carbons (Fsp3) is 0.0625. The molecule has 1 heterocycles. The number of benzene rings is 2. The van der Waals surface area contributed by atoms with Crippen molar-refractivity contribution in [1.82, 2.24) is 5.16 Å². The van der Waals surface area contributed by atoms with Crippen LogP contribution in [0.2, 0.25) is 5.22 Å². The molecule has 3 rings (SSSR count). The van der Waals surface area contributed by atoms with Gasteiger partial charge in [0, 0.05) is 11.8 Å². The van der Waals surface area contributed by atoms with Gasteiger partial charge in [-0.3, -0.25) is 0 Å². The van der Waals surface area contributed by atoms with Gasteiger partial charge in [0.2, 0.25) is 5.22 Å².